The van der Waals surface area contributed by atoms with Crippen molar-refractivity contribution in [1.82, 2.24) is 9.97 Å². The van der Waals surface area contributed by atoms with Crippen LogP contribution in [0, 0.1) is 6.92 Å². The second-order valence-corrected chi connectivity index (χ2v) is 3.84. The zero-order valence-electron chi connectivity index (χ0n) is 9.84. The number of hydrogen-bond donors (Lipinski definition) is 2. The predicted octanol–water partition coefficient (Wildman–Crippen LogP) is 2.30. The predicted molar refractivity (Wildman–Crippen MR) is 60.6 cm³/mol. The highest BCUT2D eigenvalue weighted by atomic mass is 19.4. The van der Waals surface area contributed by atoms with Gasteiger partial charge in [0.05, 0.1) is 6.54 Å². The molecule has 2 heterocycles. The van der Waals surface area contributed by atoms with Gasteiger partial charge >= 0.3 is 6.18 Å². The van der Waals surface area contributed by atoms with E-state index in [9.17, 15) is 18.0 Å². The third-order valence-corrected chi connectivity index (χ3v) is 2.26. The molecule has 19 heavy (non-hydrogen) atoms. The van der Waals surface area contributed by atoms with Crippen LogP contribution in [0.3, 0.4) is 0 Å². The topological polar surface area (TPSA) is 70.9 Å². The third-order valence-electron chi connectivity index (χ3n) is 2.26. The monoisotopic (exact) mass is 273 g/mol. The molecule has 0 saturated heterocycles. The zero-order chi connectivity index (χ0) is 14.0. The Morgan fingerprint density at radius 2 is 2.16 bits per heavy atom. The first-order chi connectivity index (χ1) is 8.84. The molecule has 8 heteroatoms. The molecule has 0 aliphatic heterocycles. The van der Waals surface area contributed by atoms with Gasteiger partial charge in [-0.1, -0.05) is 0 Å². The van der Waals surface area contributed by atoms with Crippen LogP contribution in [0.15, 0.2) is 27.4 Å². The average molecular weight is 273 g/mol. The van der Waals surface area contributed by atoms with Crippen molar-refractivity contribution in [3.05, 3.63) is 45.8 Å². The van der Waals surface area contributed by atoms with Gasteiger partial charge in [-0.05, 0) is 19.1 Å². The Kier molecular flexibility index (Phi) is 3.32. The highest BCUT2D eigenvalue weighted by Gasteiger charge is 2.33. The fourth-order valence-electron chi connectivity index (χ4n) is 1.44. The first-order valence-electron chi connectivity index (χ1n) is 5.32. The summed E-state index contributed by atoms with van der Waals surface area (Å²) in [7, 11) is 0. The molecule has 2 aromatic heterocycles. The molecule has 0 aliphatic rings. The van der Waals surface area contributed by atoms with Crippen molar-refractivity contribution in [2.45, 2.75) is 19.6 Å². The average Bonchev–Trinajstić information content (AvgIpc) is 2.71. The number of aromatic nitrogens is 2. The van der Waals surface area contributed by atoms with Crippen LogP contribution >= 0.6 is 0 Å². The molecular formula is C11H10F3N3O2. The van der Waals surface area contributed by atoms with Gasteiger partial charge in [0.25, 0.3) is 5.56 Å². The van der Waals surface area contributed by atoms with E-state index in [4.69, 9.17) is 4.42 Å². The summed E-state index contributed by atoms with van der Waals surface area (Å²) in [5.41, 5.74) is -2.12. The van der Waals surface area contributed by atoms with E-state index in [1.165, 1.54) is 0 Å². The molecule has 0 amide bonds. The van der Waals surface area contributed by atoms with Gasteiger partial charge in [0.15, 0.2) is 5.69 Å². The molecule has 0 aromatic carbocycles. The SMILES string of the molecule is Cc1ccc(CNc2nc(C(F)(F)F)cc(=O)[nH]2)o1. The van der Waals surface area contributed by atoms with Gasteiger partial charge in [-0.25, -0.2) is 4.98 Å². The summed E-state index contributed by atoms with van der Waals surface area (Å²) in [6, 6.07) is 3.80. The van der Waals surface area contributed by atoms with E-state index in [1.54, 1.807) is 19.1 Å². The van der Waals surface area contributed by atoms with Gasteiger partial charge in [0.1, 0.15) is 11.5 Å². The fourth-order valence-corrected chi connectivity index (χ4v) is 1.44. The van der Waals surface area contributed by atoms with Crippen molar-refractivity contribution in [2.24, 2.45) is 0 Å². The number of alkyl halides is 3. The lowest BCUT2D eigenvalue weighted by Gasteiger charge is -2.08. The first-order valence-corrected chi connectivity index (χ1v) is 5.32. The maximum absolute atomic E-state index is 12.5. The molecule has 102 valence electrons. The number of furan rings is 1. The minimum absolute atomic E-state index is 0.123. The van der Waals surface area contributed by atoms with Crippen LogP contribution in [0.25, 0.3) is 0 Å². The molecule has 5 nitrogen and oxygen atoms in total. The van der Waals surface area contributed by atoms with Gasteiger partial charge in [-0.3, -0.25) is 9.78 Å². The maximum atomic E-state index is 12.5. The van der Waals surface area contributed by atoms with Crippen molar-refractivity contribution in [3.63, 3.8) is 0 Å². The number of aryl methyl sites for hydroxylation is 1. The molecule has 2 aromatic rings. The van der Waals surface area contributed by atoms with Crippen molar-refractivity contribution in [3.8, 4) is 0 Å². The molecule has 0 atom stereocenters. The van der Waals surface area contributed by atoms with Crippen molar-refractivity contribution < 1.29 is 17.6 Å². The number of hydrogen-bond acceptors (Lipinski definition) is 4. The molecule has 2 rings (SSSR count). The molecule has 2 N–H and O–H groups in total. The van der Waals surface area contributed by atoms with Crippen molar-refractivity contribution in [2.75, 3.05) is 5.32 Å². The number of aromatic amines is 1. The lowest BCUT2D eigenvalue weighted by molar-refractivity contribution is -0.141. The molecule has 0 fully saturated rings. The van der Waals surface area contributed by atoms with Crippen LogP contribution in [-0.2, 0) is 12.7 Å². The highest BCUT2D eigenvalue weighted by molar-refractivity contribution is 5.27. The number of nitrogens with zero attached hydrogens (tertiary/aromatic N) is 1. The van der Waals surface area contributed by atoms with E-state index in [1.807, 2.05) is 0 Å². The number of H-pyrrole nitrogens is 1. The van der Waals surface area contributed by atoms with Crippen LogP contribution in [0.5, 0.6) is 0 Å². The summed E-state index contributed by atoms with van der Waals surface area (Å²) in [4.78, 5) is 16.6. The Morgan fingerprint density at radius 1 is 1.42 bits per heavy atom. The number of rotatable bonds is 3. The lowest BCUT2D eigenvalue weighted by Crippen LogP contribution is -2.18. The maximum Gasteiger partial charge on any atom is 0.433 e. The molecule has 0 bridgehead atoms. The number of nitrogens with one attached hydrogen (secondary N) is 2. The van der Waals surface area contributed by atoms with Crippen molar-refractivity contribution in [1.29, 1.82) is 0 Å². The molecule has 0 unspecified atom stereocenters. The van der Waals surface area contributed by atoms with Gasteiger partial charge in [-0.15, -0.1) is 0 Å². The summed E-state index contributed by atoms with van der Waals surface area (Å²) >= 11 is 0. The minimum atomic E-state index is -4.66. The summed E-state index contributed by atoms with van der Waals surface area (Å²) in [5.74, 6) is 0.953. The van der Waals surface area contributed by atoms with Gasteiger partial charge in [-0.2, -0.15) is 13.2 Å². The van der Waals surface area contributed by atoms with Crippen LogP contribution in [-0.4, -0.2) is 9.97 Å². The summed E-state index contributed by atoms with van der Waals surface area (Å²) in [6.45, 7) is 1.87. The number of halogens is 3. The Labute approximate surface area is 105 Å². The summed E-state index contributed by atoms with van der Waals surface area (Å²) in [5, 5.41) is 2.57. The Hall–Kier alpha value is -2.25. The van der Waals surface area contributed by atoms with Gasteiger partial charge in [0, 0.05) is 6.07 Å². The minimum Gasteiger partial charge on any atom is -0.465 e. The van der Waals surface area contributed by atoms with Gasteiger partial charge in [0.2, 0.25) is 5.95 Å². The van der Waals surface area contributed by atoms with Crippen LogP contribution < -0.4 is 10.9 Å². The van der Waals surface area contributed by atoms with E-state index in [0.717, 1.165) is 0 Å². The van der Waals surface area contributed by atoms with E-state index >= 15 is 0 Å². The second-order valence-electron chi connectivity index (χ2n) is 3.84. The summed E-state index contributed by atoms with van der Waals surface area (Å²) in [6.07, 6.45) is -4.66. The van der Waals surface area contributed by atoms with Crippen molar-refractivity contribution >= 4 is 5.95 Å². The van der Waals surface area contributed by atoms with Crippen LogP contribution in [0.4, 0.5) is 19.1 Å². The first kappa shape index (κ1) is 13.2. The third kappa shape index (κ3) is 3.36. The standard InChI is InChI=1S/C11H10F3N3O2/c1-6-2-3-7(19-6)5-15-10-16-8(11(12,13)14)4-9(18)17-10/h2-4H,5H2,1H3,(H2,15,16,17,18). The Balaban J connectivity index is 2.16. The highest BCUT2D eigenvalue weighted by Crippen LogP contribution is 2.26. The fraction of sp³-hybridized carbons (Fsp3) is 0.273. The zero-order valence-corrected chi connectivity index (χ0v) is 9.84. The van der Waals surface area contributed by atoms with E-state index in [0.29, 0.717) is 17.6 Å². The number of anilines is 1. The molecule has 0 aliphatic carbocycles. The van der Waals surface area contributed by atoms with Crippen LogP contribution in [0.2, 0.25) is 0 Å². The van der Waals surface area contributed by atoms with Crippen LogP contribution in [0.1, 0.15) is 17.2 Å². The quantitative estimate of drug-likeness (QED) is 0.900. The van der Waals surface area contributed by atoms with Gasteiger partial charge < -0.3 is 9.73 Å². The van der Waals surface area contributed by atoms with E-state index in [2.05, 4.69) is 15.3 Å². The molecule has 0 radical (unpaired) electrons. The largest absolute Gasteiger partial charge is 0.465 e. The molecule has 0 saturated carbocycles. The molecule has 0 spiro atoms. The Bertz CT molecular complexity index is 631. The Morgan fingerprint density at radius 3 is 2.74 bits per heavy atom. The lowest BCUT2D eigenvalue weighted by atomic mass is 10.4. The normalized spacial score (nSPS) is 11.6. The smallest absolute Gasteiger partial charge is 0.433 e. The van der Waals surface area contributed by atoms with E-state index < -0.39 is 17.4 Å². The second kappa shape index (κ2) is 4.79. The van der Waals surface area contributed by atoms with E-state index in [-0.39, 0.29) is 12.5 Å². The molecular weight excluding hydrogens is 263 g/mol. The summed E-state index contributed by atoms with van der Waals surface area (Å²) < 4.78 is 42.6.